The number of ether oxygens (including phenoxy) is 1. The average Bonchev–Trinajstić information content (AvgIpc) is 3.16. The summed E-state index contributed by atoms with van der Waals surface area (Å²) in [5.74, 6) is 0. The molecule has 1 atom stereocenters. The molecule has 0 amide bonds. The normalized spacial score (nSPS) is 34.6. The van der Waals surface area contributed by atoms with Crippen molar-refractivity contribution in [2.24, 2.45) is 0 Å². The summed E-state index contributed by atoms with van der Waals surface area (Å²) < 4.78 is 32.5. The molecule has 6 nitrogen and oxygen atoms in total. The molecule has 2 N–H and O–H groups in total. The van der Waals surface area contributed by atoms with E-state index in [-0.39, 0.29) is 18.7 Å². The number of nitrogens with zero attached hydrogens (tertiary/aromatic N) is 1. The maximum Gasteiger partial charge on any atom is 0.217 e. The molecule has 0 bridgehead atoms. The zero-order chi connectivity index (χ0) is 15.4. The van der Waals surface area contributed by atoms with Crippen molar-refractivity contribution in [2.75, 3.05) is 33.4 Å². The minimum atomic E-state index is -3.33. The van der Waals surface area contributed by atoms with Crippen LogP contribution in [0.5, 0.6) is 0 Å². The maximum absolute atomic E-state index is 12.3. The Morgan fingerprint density at radius 2 is 1.90 bits per heavy atom. The standard InChI is InChI=1S/C14H26N2O4S/c1-12(6-7-12)21(18,19)15-8-14(9-17)11-20-10-13(16(14)2)4-3-5-13/h15,17H,3-11H2,1-2H3. The number of sulfonamides is 1. The number of aliphatic hydroxyl groups is 1. The van der Waals surface area contributed by atoms with E-state index < -0.39 is 20.3 Å². The van der Waals surface area contributed by atoms with Crippen molar-refractivity contribution in [1.29, 1.82) is 0 Å². The Labute approximate surface area is 126 Å². The number of aliphatic hydroxyl groups excluding tert-OH is 1. The molecule has 2 saturated carbocycles. The molecule has 0 aromatic carbocycles. The Morgan fingerprint density at radius 3 is 2.38 bits per heavy atom. The smallest absolute Gasteiger partial charge is 0.217 e. The Kier molecular flexibility index (Phi) is 3.65. The highest BCUT2D eigenvalue weighted by atomic mass is 32.2. The highest BCUT2D eigenvalue weighted by Gasteiger charge is 2.55. The predicted octanol–water partition coefficient (Wildman–Crippen LogP) is 0.0741. The number of rotatable bonds is 5. The van der Waals surface area contributed by atoms with Crippen molar-refractivity contribution in [3.63, 3.8) is 0 Å². The summed E-state index contributed by atoms with van der Waals surface area (Å²) in [7, 11) is -1.34. The van der Waals surface area contributed by atoms with Crippen LogP contribution in [0.2, 0.25) is 0 Å². The van der Waals surface area contributed by atoms with Crippen molar-refractivity contribution in [3.8, 4) is 0 Å². The second kappa shape index (κ2) is 4.89. The van der Waals surface area contributed by atoms with Crippen molar-refractivity contribution >= 4 is 10.0 Å². The first-order chi connectivity index (χ1) is 9.79. The van der Waals surface area contributed by atoms with Crippen LogP contribution in [-0.2, 0) is 14.8 Å². The average molecular weight is 318 g/mol. The fourth-order valence-corrected chi connectivity index (χ4v) is 4.86. The monoisotopic (exact) mass is 318 g/mol. The summed E-state index contributed by atoms with van der Waals surface area (Å²) in [6, 6.07) is 0. The highest BCUT2D eigenvalue weighted by Crippen LogP contribution is 2.44. The summed E-state index contributed by atoms with van der Waals surface area (Å²) in [5.41, 5.74) is -0.674. The third-order valence-corrected chi connectivity index (χ3v) is 8.17. The zero-order valence-corrected chi connectivity index (χ0v) is 13.7. The quantitative estimate of drug-likeness (QED) is 0.750. The van der Waals surface area contributed by atoms with Gasteiger partial charge in [-0.1, -0.05) is 0 Å². The lowest BCUT2D eigenvalue weighted by molar-refractivity contribution is -0.178. The van der Waals surface area contributed by atoms with Gasteiger partial charge in [0.05, 0.1) is 30.1 Å². The van der Waals surface area contributed by atoms with E-state index in [1.54, 1.807) is 6.92 Å². The van der Waals surface area contributed by atoms with Gasteiger partial charge in [-0.15, -0.1) is 0 Å². The summed E-state index contributed by atoms with van der Waals surface area (Å²) in [6.45, 7) is 2.91. The minimum absolute atomic E-state index is 0.0180. The number of hydrogen-bond acceptors (Lipinski definition) is 5. The minimum Gasteiger partial charge on any atom is -0.394 e. The van der Waals surface area contributed by atoms with Crippen LogP contribution in [0.4, 0.5) is 0 Å². The maximum atomic E-state index is 12.3. The van der Waals surface area contributed by atoms with E-state index >= 15 is 0 Å². The van der Waals surface area contributed by atoms with Crippen LogP contribution in [0.3, 0.4) is 0 Å². The molecule has 1 saturated heterocycles. The van der Waals surface area contributed by atoms with E-state index in [0.717, 1.165) is 12.8 Å². The van der Waals surface area contributed by atoms with E-state index in [1.165, 1.54) is 6.42 Å². The van der Waals surface area contributed by atoms with Gasteiger partial charge in [0.15, 0.2) is 0 Å². The van der Waals surface area contributed by atoms with Gasteiger partial charge in [0.2, 0.25) is 10.0 Å². The fraction of sp³-hybridized carbons (Fsp3) is 1.00. The van der Waals surface area contributed by atoms with Crippen LogP contribution in [0.1, 0.15) is 39.0 Å². The first kappa shape index (κ1) is 15.7. The number of likely N-dealkylation sites (N-methyl/N-ethyl adjacent to an activating group) is 1. The van der Waals surface area contributed by atoms with Crippen LogP contribution in [0.25, 0.3) is 0 Å². The molecule has 1 aliphatic heterocycles. The SMILES string of the molecule is CN1C2(CCC2)COCC1(CO)CNS(=O)(=O)C1(C)CC1. The second-order valence-electron chi connectivity index (χ2n) is 7.29. The molecule has 122 valence electrons. The lowest BCUT2D eigenvalue weighted by Crippen LogP contribution is -2.73. The van der Waals surface area contributed by atoms with Crippen LogP contribution in [0.15, 0.2) is 0 Å². The van der Waals surface area contributed by atoms with Gasteiger partial charge < -0.3 is 9.84 Å². The third-order valence-electron chi connectivity index (χ3n) is 5.94. The summed E-state index contributed by atoms with van der Waals surface area (Å²) >= 11 is 0. The van der Waals surface area contributed by atoms with Gasteiger partial charge in [-0.05, 0) is 46.1 Å². The molecular weight excluding hydrogens is 292 g/mol. The molecule has 0 aromatic heterocycles. The Bertz CT molecular complexity index is 513. The van der Waals surface area contributed by atoms with E-state index in [0.29, 0.717) is 26.1 Å². The van der Waals surface area contributed by atoms with Crippen molar-refractivity contribution in [1.82, 2.24) is 9.62 Å². The van der Waals surface area contributed by atoms with E-state index in [9.17, 15) is 13.5 Å². The van der Waals surface area contributed by atoms with Crippen LogP contribution in [-0.4, -0.2) is 67.7 Å². The van der Waals surface area contributed by atoms with Gasteiger partial charge in [-0.2, -0.15) is 0 Å². The van der Waals surface area contributed by atoms with E-state index in [2.05, 4.69) is 9.62 Å². The molecule has 3 aliphatic rings. The molecule has 3 fully saturated rings. The summed E-state index contributed by atoms with van der Waals surface area (Å²) in [5, 5.41) is 9.92. The second-order valence-corrected chi connectivity index (χ2v) is 9.57. The Balaban J connectivity index is 1.74. The lowest BCUT2D eigenvalue weighted by atomic mass is 9.72. The molecular formula is C14H26N2O4S. The molecule has 1 spiro atoms. The Hall–Kier alpha value is -0.210. The van der Waals surface area contributed by atoms with Gasteiger partial charge in [0.25, 0.3) is 0 Å². The third kappa shape index (κ3) is 2.34. The molecule has 0 radical (unpaired) electrons. The van der Waals surface area contributed by atoms with Crippen LogP contribution < -0.4 is 4.72 Å². The molecule has 2 aliphatic carbocycles. The van der Waals surface area contributed by atoms with Gasteiger partial charge >= 0.3 is 0 Å². The molecule has 3 rings (SSSR count). The van der Waals surface area contributed by atoms with E-state index in [4.69, 9.17) is 4.74 Å². The van der Waals surface area contributed by atoms with Crippen molar-refractivity contribution < 1.29 is 18.3 Å². The van der Waals surface area contributed by atoms with Gasteiger partial charge in [-0.3, -0.25) is 4.90 Å². The van der Waals surface area contributed by atoms with Gasteiger partial charge in [0.1, 0.15) is 0 Å². The fourth-order valence-electron chi connectivity index (χ4n) is 3.42. The van der Waals surface area contributed by atoms with E-state index in [1.807, 2.05) is 7.05 Å². The molecule has 7 heteroatoms. The topological polar surface area (TPSA) is 78.9 Å². The molecule has 1 unspecified atom stereocenters. The highest BCUT2D eigenvalue weighted by molar-refractivity contribution is 7.91. The number of hydrogen-bond donors (Lipinski definition) is 2. The lowest BCUT2D eigenvalue weighted by Gasteiger charge is -2.59. The zero-order valence-electron chi connectivity index (χ0n) is 12.9. The van der Waals surface area contributed by atoms with Gasteiger partial charge in [-0.25, -0.2) is 13.1 Å². The van der Waals surface area contributed by atoms with Crippen molar-refractivity contribution in [3.05, 3.63) is 0 Å². The van der Waals surface area contributed by atoms with Crippen molar-refractivity contribution in [2.45, 2.75) is 54.9 Å². The first-order valence-corrected chi connectivity index (χ1v) is 9.19. The Morgan fingerprint density at radius 1 is 1.24 bits per heavy atom. The number of morpholine rings is 1. The van der Waals surface area contributed by atoms with Gasteiger partial charge in [0, 0.05) is 12.1 Å². The predicted molar refractivity (Wildman–Crippen MR) is 79.5 cm³/mol. The number of nitrogens with one attached hydrogen (secondary N) is 1. The summed E-state index contributed by atoms with van der Waals surface area (Å²) in [6.07, 6.45) is 4.69. The molecule has 21 heavy (non-hydrogen) atoms. The largest absolute Gasteiger partial charge is 0.394 e. The van der Waals surface area contributed by atoms with Crippen LogP contribution >= 0.6 is 0 Å². The molecule has 0 aromatic rings. The molecule has 1 heterocycles. The summed E-state index contributed by atoms with van der Waals surface area (Å²) in [4.78, 5) is 2.17. The van der Waals surface area contributed by atoms with Crippen LogP contribution in [0, 0.1) is 0 Å². The first-order valence-electron chi connectivity index (χ1n) is 7.71.